The van der Waals surface area contributed by atoms with Gasteiger partial charge in [-0.1, -0.05) is 23.5 Å². The lowest BCUT2D eigenvalue weighted by Gasteiger charge is -2.01. The highest BCUT2D eigenvalue weighted by Crippen LogP contribution is 2.26. The average Bonchev–Trinajstić information content (AvgIpc) is 2.96. The molecule has 7 heteroatoms. The van der Waals surface area contributed by atoms with Gasteiger partial charge in [-0.3, -0.25) is 10.1 Å². The molecule has 1 heterocycles. The zero-order valence-corrected chi connectivity index (χ0v) is 12.7. The Labute approximate surface area is 135 Å². The maximum Gasteiger partial charge on any atom is 0.257 e. The molecule has 0 atom stereocenters. The molecule has 3 aromatic rings. The average molecular weight is 321 g/mol. The number of carbonyl (C=O) groups is 1. The third-order valence-electron chi connectivity index (χ3n) is 3.11. The van der Waals surface area contributed by atoms with Crippen LogP contribution in [0.1, 0.15) is 21.5 Å². The van der Waals surface area contributed by atoms with Gasteiger partial charge in [-0.25, -0.2) is 4.98 Å². The van der Waals surface area contributed by atoms with Crippen molar-refractivity contribution < 1.29 is 4.79 Å². The molecular formula is C16H11N5OS. The molecule has 0 aliphatic heterocycles. The number of fused-ring (bicyclic) bond motifs is 1. The van der Waals surface area contributed by atoms with E-state index in [1.807, 2.05) is 24.3 Å². The number of hydrogen-bond donors (Lipinski definition) is 2. The SMILES string of the molecule is N#Cc1cccc(C(=O)Nc2nc3ccc(C=NN)cc3s2)c1. The van der Waals surface area contributed by atoms with Crippen LogP contribution >= 0.6 is 11.3 Å². The monoisotopic (exact) mass is 321 g/mol. The van der Waals surface area contributed by atoms with Gasteiger partial charge >= 0.3 is 0 Å². The zero-order chi connectivity index (χ0) is 16.2. The first kappa shape index (κ1) is 14.7. The Morgan fingerprint density at radius 2 is 2.22 bits per heavy atom. The maximum absolute atomic E-state index is 12.2. The molecule has 6 nitrogen and oxygen atoms in total. The Kier molecular flexibility index (Phi) is 3.99. The molecular weight excluding hydrogens is 310 g/mol. The summed E-state index contributed by atoms with van der Waals surface area (Å²) in [6, 6.07) is 14.1. The molecule has 0 spiro atoms. The second kappa shape index (κ2) is 6.25. The van der Waals surface area contributed by atoms with E-state index < -0.39 is 0 Å². The molecule has 0 bridgehead atoms. The van der Waals surface area contributed by atoms with Crippen molar-refractivity contribution in [3.8, 4) is 6.07 Å². The molecule has 0 aliphatic carbocycles. The van der Waals surface area contributed by atoms with E-state index >= 15 is 0 Å². The molecule has 0 radical (unpaired) electrons. The van der Waals surface area contributed by atoms with Crippen LogP contribution in [0.3, 0.4) is 0 Å². The zero-order valence-electron chi connectivity index (χ0n) is 11.9. The van der Waals surface area contributed by atoms with Gasteiger partial charge in [0.2, 0.25) is 0 Å². The summed E-state index contributed by atoms with van der Waals surface area (Å²) in [6.45, 7) is 0. The number of benzene rings is 2. The van der Waals surface area contributed by atoms with E-state index in [1.54, 1.807) is 30.5 Å². The van der Waals surface area contributed by atoms with E-state index in [-0.39, 0.29) is 5.91 Å². The first-order valence-electron chi connectivity index (χ1n) is 6.65. The highest BCUT2D eigenvalue weighted by atomic mass is 32.1. The van der Waals surface area contributed by atoms with Crippen molar-refractivity contribution in [1.29, 1.82) is 5.26 Å². The number of anilines is 1. The van der Waals surface area contributed by atoms with E-state index in [2.05, 4.69) is 15.4 Å². The standard InChI is InChI=1S/C16H11N5OS/c17-8-10-2-1-3-12(6-10)15(22)21-16-20-13-5-4-11(9-19-18)7-14(13)23-16/h1-7,9H,18H2,(H,20,21,22). The van der Waals surface area contributed by atoms with Gasteiger partial charge in [0, 0.05) is 5.56 Å². The summed E-state index contributed by atoms with van der Waals surface area (Å²) in [4.78, 5) is 16.6. The van der Waals surface area contributed by atoms with Crippen molar-refractivity contribution in [2.75, 3.05) is 5.32 Å². The van der Waals surface area contributed by atoms with Crippen molar-refractivity contribution in [2.45, 2.75) is 0 Å². The minimum absolute atomic E-state index is 0.301. The van der Waals surface area contributed by atoms with Crippen molar-refractivity contribution in [3.63, 3.8) is 0 Å². The highest BCUT2D eigenvalue weighted by Gasteiger charge is 2.10. The summed E-state index contributed by atoms with van der Waals surface area (Å²) in [7, 11) is 0. The predicted octanol–water partition coefficient (Wildman–Crippen LogP) is 2.71. The summed E-state index contributed by atoms with van der Waals surface area (Å²) in [5.74, 6) is 4.84. The van der Waals surface area contributed by atoms with Crippen LogP contribution in [-0.2, 0) is 0 Å². The van der Waals surface area contributed by atoms with Crippen molar-refractivity contribution in [1.82, 2.24) is 4.98 Å². The van der Waals surface area contributed by atoms with E-state index in [0.717, 1.165) is 15.8 Å². The first-order valence-corrected chi connectivity index (χ1v) is 7.46. The van der Waals surface area contributed by atoms with E-state index in [9.17, 15) is 4.79 Å². The van der Waals surface area contributed by atoms with Crippen LogP contribution in [0.2, 0.25) is 0 Å². The maximum atomic E-state index is 12.2. The van der Waals surface area contributed by atoms with Crippen LogP contribution in [0, 0.1) is 11.3 Å². The third kappa shape index (κ3) is 3.17. The molecule has 2 aromatic carbocycles. The van der Waals surface area contributed by atoms with Gasteiger partial charge in [0.25, 0.3) is 5.91 Å². The van der Waals surface area contributed by atoms with E-state index in [0.29, 0.717) is 16.3 Å². The minimum Gasteiger partial charge on any atom is -0.323 e. The highest BCUT2D eigenvalue weighted by molar-refractivity contribution is 7.22. The molecule has 0 fully saturated rings. The van der Waals surface area contributed by atoms with Crippen LogP contribution in [0.5, 0.6) is 0 Å². The molecule has 3 rings (SSSR count). The summed E-state index contributed by atoms with van der Waals surface area (Å²) >= 11 is 1.36. The lowest BCUT2D eigenvalue weighted by Crippen LogP contribution is -2.11. The van der Waals surface area contributed by atoms with E-state index in [1.165, 1.54) is 11.3 Å². The van der Waals surface area contributed by atoms with Crippen LogP contribution in [0.4, 0.5) is 5.13 Å². The van der Waals surface area contributed by atoms with E-state index in [4.69, 9.17) is 11.1 Å². The van der Waals surface area contributed by atoms with Crippen LogP contribution in [0.15, 0.2) is 47.6 Å². The number of carbonyl (C=O) groups excluding carboxylic acids is 1. The smallest absolute Gasteiger partial charge is 0.257 e. The van der Waals surface area contributed by atoms with Gasteiger partial charge in [-0.2, -0.15) is 10.4 Å². The molecule has 0 saturated carbocycles. The van der Waals surface area contributed by atoms with Gasteiger partial charge in [0.05, 0.1) is 28.1 Å². The molecule has 3 N–H and O–H groups in total. The van der Waals surface area contributed by atoms with Crippen LogP contribution in [0.25, 0.3) is 10.2 Å². The number of nitrogens with two attached hydrogens (primary N) is 1. The first-order chi connectivity index (χ1) is 11.2. The van der Waals surface area contributed by atoms with Crippen molar-refractivity contribution >= 4 is 38.8 Å². The van der Waals surface area contributed by atoms with Crippen molar-refractivity contribution in [3.05, 3.63) is 59.2 Å². The molecule has 112 valence electrons. The topological polar surface area (TPSA) is 104 Å². The van der Waals surface area contributed by atoms with Crippen LogP contribution < -0.4 is 11.2 Å². The summed E-state index contributed by atoms with van der Waals surface area (Å²) in [6.07, 6.45) is 1.55. The quantitative estimate of drug-likeness (QED) is 0.439. The molecule has 23 heavy (non-hydrogen) atoms. The fourth-order valence-electron chi connectivity index (χ4n) is 2.06. The van der Waals surface area contributed by atoms with Gasteiger partial charge in [0.15, 0.2) is 5.13 Å². The number of nitrogens with one attached hydrogen (secondary N) is 1. The number of amides is 1. The largest absolute Gasteiger partial charge is 0.323 e. The lowest BCUT2D eigenvalue weighted by molar-refractivity contribution is 0.102. The molecule has 0 saturated heterocycles. The Balaban J connectivity index is 1.86. The molecule has 0 aliphatic rings. The van der Waals surface area contributed by atoms with Crippen molar-refractivity contribution in [2.24, 2.45) is 10.9 Å². The number of aromatic nitrogens is 1. The normalized spacial score (nSPS) is 10.7. The summed E-state index contributed by atoms with van der Waals surface area (Å²) < 4.78 is 0.920. The Hall–Kier alpha value is -3.24. The fraction of sp³-hybridized carbons (Fsp3) is 0. The lowest BCUT2D eigenvalue weighted by atomic mass is 10.1. The molecule has 1 aromatic heterocycles. The Morgan fingerprint density at radius 1 is 1.35 bits per heavy atom. The number of hydrazone groups is 1. The van der Waals surface area contributed by atoms with Gasteiger partial charge < -0.3 is 5.84 Å². The second-order valence-electron chi connectivity index (χ2n) is 4.67. The Bertz CT molecular complexity index is 955. The number of hydrogen-bond acceptors (Lipinski definition) is 6. The fourth-order valence-corrected chi connectivity index (χ4v) is 2.97. The van der Waals surface area contributed by atoms with Gasteiger partial charge in [-0.05, 0) is 35.9 Å². The second-order valence-corrected chi connectivity index (χ2v) is 5.70. The summed E-state index contributed by atoms with van der Waals surface area (Å²) in [5.41, 5.74) is 2.50. The number of rotatable bonds is 3. The van der Waals surface area contributed by atoms with Crippen LogP contribution in [-0.4, -0.2) is 17.1 Å². The molecule has 1 amide bonds. The van der Waals surface area contributed by atoms with Gasteiger partial charge in [0.1, 0.15) is 0 Å². The summed E-state index contributed by atoms with van der Waals surface area (Å²) in [5, 5.41) is 15.6. The number of nitrogens with zero attached hydrogens (tertiary/aromatic N) is 3. The third-order valence-corrected chi connectivity index (χ3v) is 4.04. The Morgan fingerprint density at radius 3 is 3.00 bits per heavy atom. The number of nitriles is 1. The number of thiazole rings is 1. The minimum atomic E-state index is -0.301. The van der Waals surface area contributed by atoms with Gasteiger partial charge in [-0.15, -0.1) is 0 Å². The molecule has 0 unspecified atom stereocenters. The predicted molar refractivity (Wildman–Crippen MR) is 90.5 cm³/mol.